The first kappa shape index (κ1) is 17.4. The van der Waals surface area contributed by atoms with Crippen molar-refractivity contribution < 1.29 is 13.7 Å². The Hall–Kier alpha value is -2.67. The fourth-order valence-electron chi connectivity index (χ4n) is 4.19. The van der Waals surface area contributed by atoms with Crippen molar-refractivity contribution in [3.05, 3.63) is 34.9 Å². The van der Waals surface area contributed by atoms with Crippen molar-refractivity contribution in [1.29, 1.82) is 0 Å². The number of rotatable bonds is 3. The molecule has 1 aliphatic heterocycles. The van der Waals surface area contributed by atoms with Crippen molar-refractivity contribution in [2.75, 3.05) is 26.2 Å². The van der Waals surface area contributed by atoms with Gasteiger partial charge in [0.1, 0.15) is 11.5 Å². The first-order chi connectivity index (χ1) is 13.5. The normalized spacial score (nSPS) is 18.2. The lowest BCUT2D eigenvalue weighted by Gasteiger charge is -2.35. The summed E-state index contributed by atoms with van der Waals surface area (Å²) < 4.78 is 11.1. The van der Waals surface area contributed by atoms with Gasteiger partial charge < -0.3 is 13.8 Å². The Labute approximate surface area is 163 Å². The number of hydrogen-bond acceptors (Lipinski definition) is 6. The Kier molecular flexibility index (Phi) is 4.01. The highest BCUT2D eigenvalue weighted by Crippen LogP contribution is 2.32. The number of carbonyl (C=O) groups excluding carboxylic acids is 1. The van der Waals surface area contributed by atoms with Gasteiger partial charge in [0, 0.05) is 37.8 Å². The van der Waals surface area contributed by atoms with E-state index in [0.717, 1.165) is 49.3 Å². The Morgan fingerprint density at radius 2 is 1.86 bits per heavy atom. The number of aromatic nitrogens is 2. The molecule has 7 heteroatoms. The molecule has 3 aromatic heterocycles. The van der Waals surface area contributed by atoms with Crippen molar-refractivity contribution in [3.63, 3.8) is 0 Å². The Balaban J connectivity index is 1.53. The maximum atomic E-state index is 13.4. The monoisotopic (exact) mass is 380 g/mol. The zero-order valence-electron chi connectivity index (χ0n) is 16.5. The third kappa shape index (κ3) is 2.90. The highest BCUT2D eigenvalue weighted by Gasteiger charge is 2.33. The van der Waals surface area contributed by atoms with E-state index >= 15 is 0 Å². The molecule has 0 N–H and O–H groups in total. The van der Waals surface area contributed by atoms with E-state index in [1.807, 2.05) is 37.8 Å². The van der Waals surface area contributed by atoms with Gasteiger partial charge in [-0.15, -0.1) is 0 Å². The number of aryl methyl sites for hydroxylation is 3. The zero-order valence-corrected chi connectivity index (χ0v) is 16.5. The minimum absolute atomic E-state index is 0.0215. The quantitative estimate of drug-likeness (QED) is 0.694. The number of pyridine rings is 1. The molecule has 2 fully saturated rings. The second-order valence-corrected chi connectivity index (χ2v) is 7.89. The average Bonchev–Trinajstić information content (AvgIpc) is 3.40. The summed E-state index contributed by atoms with van der Waals surface area (Å²) in [5, 5.41) is 4.75. The minimum atomic E-state index is 0.0215. The molecule has 5 rings (SSSR count). The Morgan fingerprint density at radius 1 is 1.11 bits per heavy atom. The van der Waals surface area contributed by atoms with Gasteiger partial charge in [0.2, 0.25) is 0 Å². The Morgan fingerprint density at radius 3 is 2.50 bits per heavy atom. The van der Waals surface area contributed by atoms with Crippen LogP contribution in [-0.4, -0.2) is 58.1 Å². The summed E-state index contributed by atoms with van der Waals surface area (Å²) in [6, 6.07) is 4.54. The van der Waals surface area contributed by atoms with Crippen LogP contribution in [0.3, 0.4) is 0 Å². The fourth-order valence-corrected chi connectivity index (χ4v) is 4.19. The maximum absolute atomic E-state index is 13.4. The van der Waals surface area contributed by atoms with Crippen molar-refractivity contribution in [2.45, 2.75) is 39.7 Å². The van der Waals surface area contributed by atoms with E-state index in [0.29, 0.717) is 28.1 Å². The average molecular weight is 380 g/mol. The summed E-state index contributed by atoms with van der Waals surface area (Å²) in [7, 11) is 0. The summed E-state index contributed by atoms with van der Waals surface area (Å²) in [5.74, 6) is 1.61. The number of nitrogens with zero attached hydrogens (tertiary/aromatic N) is 4. The molecule has 146 valence electrons. The van der Waals surface area contributed by atoms with E-state index in [-0.39, 0.29) is 5.91 Å². The van der Waals surface area contributed by atoms with E-state index in [1.165, 1.54) is 12.8 Å². The standard InChI is InChI=1S/C21H24N4O3/c1-12-10-16(14(3)27-12)18-11-17(19-13(2)23-28-20(19)22-18)21(26)25-8-6-24(7-9-25)15-4-5-15/h10-11,15H,4-9H2,1-3H3. The molecule has 0 atom stereocenters. The van der Waals surface area contributed by atoms with Crippen LogP contribution in [0.4, 0.5) is 0 Å². The molecule has 4 heterocycles. The van der Waals surface area contributed by atoms with Crippen LogP contribution in [0.25, 0.3) is 22.4 Å². The molecule has 0 bridgehead atoms. The molecule has 0 radical (unpaired) electrons. The number of hydrogen-bond donors (Lipinski definition) is 0. The molecule has 1 amide bonds. The molecule has 28 heavy (non-hydrogen) atoms. The maximum Gasteiger partial charge on any atom is 0.259 e. The second kappa shape index (κ2) is 6.44. The van der Waals surface area contributed by atoms with Crippen molar-refractivity contribution >= 4 is 17.0 Å². The van der Waals surface area contributed by atoms with Crippen molar-refractivity contribution in [3.8, 4) is 11.3 Å². The molecule has 3 aromatic rings. The van der Waals surface area contributed by atoms with Crippen LogP contribution in [0, 0.1) is 20.8 Å². The van der Waals surface area contributed by atoms with Crippen molar-refractivity contribution in [2.24, 2.45) is 0 Å². The topological polar surface area (TPSA) is 75.6 Å². The Bertz CT molecular complexity index is 1060. The SMILES string of the molecule is Cc1cc(-c2cc(C(=O)N3CCN(C4CC4)CC3)c3c(C)noc3n2)c(C)o1. The highest BCUT2D eigenvalue weighted by atomic mass is 16.5. The van der Waals surface area contributed by atoms with Crippen LogP contribution < -0.4 is 0 Å². The lowest BCUT2D eigenvalue weighted by molar-refractivity contribution is 0.0629. The van der Waals surface area contributed by atoms with Crippen LogP contribution in [0.5, 0.6) is 0 Å². The van der Waals surface area contributed by atoms with Crippen LogP contribution in [0.15, 0.2) is 21.1 Å². The smallest absolute Gasteiger partial charge is 0.259 e. The largest absolute Gasteiger partial charge is 0.466 e. The number of piperazine rings is 1. The van der Waals surface area contributed by atoms with Crippen LogP contribution in [-0.2, 0) is 0 Å². The molecule has 0 spiro atoms. The first-order valence-corrected chi connectivity index (χ1v) is 9.89. The van der Waals surface area contributed by atoms with Crippen LogP contribution in [0.1, 0.15) is 40.4 Å². The van der Waals surface area contributed by atoms with Crippen molar-refractivity contribution in [1.82, 2.24) is 19.9 Å². The van der Waals surface area contributed by atoms with E-state index < -0.39 is 0 Å². The van der Waals surface area contributed by atoms with Gasteiger partial charge in [-0.25, -0.2) is 4.98 Å². The number of furan rings is 1. The number of fused-ring (bicyclic) bond motifs is 1. The molecular weight excluding hydrogens is 356 g/mol. The van der Waals surface area contributed by atoms with Crippen LogP contribution in [0.2, 0.25) is 0 Å². The molecule has 1 aliphatic carbocycles. The van der Waals surface area contributed by atoms with Gasteiger partial charge in [-0.2, -0.15) is 0 Å². The lowest BCUT2D eigenvalue weighted by atomic mass is 10.0. The van der Waals surface area contributed by atoms with E-state index in [2.05, 4.69) is 15.0 Å². The first-order valence-electron chi connectivity index (χ1n) is 9.89. The van der Waals surface area contributed by atoms with Gasteiger partial charge in [0.15, 0.2) is 0 Å². The zero-order chi connectivity index (χ0) is 19.4. The summed E-state index contributed by atoms with van der Waals surface area (Å²) in [6.45, 7) is 9.05. The molecule has 7 nitrogen and oxygen atoms in total. The van der Waals surface area contributed by atoms with Gasteiger partial charge in [0.05, 0.1) is 22.3 Å². The lowest BCUT2D eigenvalue weighted by Crippen LogP contribution is -2.49. The van der Waals surface area contributed by atoms with Gasteiger partial charge in [-0.1, -0.05) is 5.16 Å². The van der Waals surface area contributed by atoms with E-state index in [4.69, 9.17) is 8.94 Å². The summed E-state index contributed by atoms with van der Waals surface area (Å²) >= 11 is 0. The molecule has 0 unspecified atom stereocenters. The minimum Gasteiger partial charge on any atom is -0.466 e. The number of amides is 1. The number of carbonyl (C=O) groups is 1. The van der Waals surface area contributed by atoms with Gasteiger partial charge in [-0.05, 0) is 45.7 Å². The fraction of sp³-hybridized carbons (Fsp3) is 0.476. The third-order valence-corrected chi connectivity index (χ3v) is 5.83. The highest BCUT2D eigenvalue weighted by molar-refractivity contribution is 6.07. The predicted octanol–water partition coefficient (Wildman–Crippen LogP) is 3.33. The molecule has 0 aromatic carbocycles. The third-order valence-electron chi connectivity index (χ3n) is 5.83. The molecule has 1 saturated heterocycles. The molecule has 1 saturated carbocycles. The summed E-state index contributed by atoms with van der Waals surface area (Å²) in [4.78, 5) is 22.5. The van der Waals surface area contributed by atoms with Gasteiger partial charge in [0.25, 0.3) is 11.6 Å². The van der Waals surface area contributed by atoms with Gasteiger partial charge in [-0.3, -0.25) is 9.69 Å². The van der Waals surface area contributed by atoms with Crippen LogP contribution >= 0.6 is 0 Å². The van der Waals surface area contributed by atoms with Gasteiger partial charge >= 0.3 is 0 Å². The molecule has 2 aliphatic rings. The predicted molar refractivity (Wildman–Crippen MR) is 104 cm³/mol. The second-order valence-electron chi connectivity index (χ2n) is 7.89. The molecular formula is C21H24N4O3. The summed E-state index contributed by atoms with van der Waals surface area (Å²) in [5.41, 5.74) is 3.25. The summed E-state index contributed by atoms with van der Waals surface area (Å²) in [6.07, 6.45) is 2.59. The van der Waals surface area contributed by atoms with E-state index in [9.17, 15) is 4.79 Å². The van der Waals surface area contributed by atoms with E-state index in [1.54, 1.807) is 0 Å².